The number of aromatic amines is 1. The summed E-state index contributed by atoms with van der Waals surface area (Å²) in [5.41, 5.74) is 2.77. The van der Waals surface area contributed by atoms with E-state index in [1.165, 1.54) is 6.07 Å². The first kappa shape index (κ1) is 11.3. The minimum atomic E-state index is -1.05. The Morgan fingerprint density at radius 2 is 2.16 bits per heavy atom. The van der Waals surface area contributed by atoms with Crippen LogP contribution in [0.15, 0.2) is 30.5 Å². The van der Waals surface area contributed by atoms with Crippen molar-refractivity contribution in [3.8, 4) is 11.3 Å². The van der Waals surface area contributed by atoms with Gasteiger partial charge in [-0.25, -0.2) is 19.7 Å². The van der Waals surface area contributed by atoms with Gasteiger partial charge in [0.15, 0.2) is 5.65 Å². The van der Waals surface area contributed by atoms with E-state index in [4.69, 9.17) is 5.11 Å². The van der Waals surface area contributed by atoms with Crippen molar-refractivity contribution in [1.29, 1.82) is 0 Å². The predicted octanol–water partition coefficient (Wildman–Crippen LogP) is 2.03. The molecule has 0 amide bonds. The second kappa shape index (κ2) is 4.16. The average molecular weight is 254 g/mol. The van der Waals surface area contributed by atoms with Gasteiger partial charge in [0.25, 0.3) is 0 Å². The molecule has 0 saturated heterocycles. The third kappa shape index (κ3) is 2.03. The quantitative estimate of drug-likeness (QED) is 0.730. The van der Waals surface area contributed by atoms with E-state index in [0.717, 1.165) is 16.9 Å². The summed E-state index contributed by atoms with van der Waals surface area (Å²) in [7, 11) is 0. The molecule has 0 fully saturated rings. The van der Waals surface area contributed by atoms with Gasteiger partial charge in [0.05, 0.1) is 11.2 Å². The summed E-state index contributed by atoms with van der Waals surface area (Å²) in [5.74, 6) is -0.264. The van der Waals surface area contributed by atoms with Crippen molar-refractivity contribution in [3.05, 3.63) is 42.0 Å². The third-order valence-corrected chi connectivity index (χ3v) is 2.72. The lowest BCUT2D eigenvalue weighted by Gasteiger charge is -2.01. The molecule has 2 N–H and O–H groups in total. The lowest BCUT2D eigenvalue weighted by atomic mass is 10.1. The van der Waals surface area contributed by atoms with Gasteiger partial charge in [-0.3, -0.25) is 0 Å². The Labute approximate surface area is 108 Å². The summed E-state index contributed by atoms with van der Waals surface area (Å²) in [5, 5.41) is 8.94. The van der Waals surface area contributed by atoms with E-state index < -0.39 is 5.97 Å². The highest BCUT2D eigenvalue weighted by molar-refractivity contribution is 5.86. The summed E-state index contributed by atoms with van der Waals surface area (Å²) in [6.07, 6.45) is 1.64. The summed E-state index contributed by atoms with van der Waals surface area (Å²) in [6.45, 7) is 1.85. The van der Waals surface area contributed by atoms with Crippen molar-refractivity contribution >= 4 is 17.1 Å². The first-order chi connectivity index (χ1) is 9.13. The van der Waals surface area contributed by atoms with E-state index in [0.29, 0.717) is 11.3 Å². The Balaban J connectivity index is 2.12. The zero-order chi connectivity index (χ0) is 13.4. The van der Waals surface area contributed by atoms with Gasteiger partial charge in [-0.1, -0.05) is 6.07 Å². The molecule has 0 radical (unpaired) electrons. The maximum Gasteiger partial charge on any atom is 0.354 e. The van der Waals surface area contributed by atoms with Crippen LogP contribution in [0.5, 0.6) is 0 Å². The molecule has 0 aliphatic rings. The predicted molar refractivity (Wildman–Crippen MR) is 68.8 cm³/mol. The van der Waals surface area contributed by atoms with Crippen molar-refractivity contribution in [2.75, 3.05) is 0 Å². The van der Waals surface area contributed by atoms with Gasteiger partial charge in [0.1, 0.15) is 11.5 Å². The molecule has 0 spiro atoms. The zero-order valence-electron chi connectivity index (χ0n) is 10.1. The van der Waals surface area contributed by atoms with Crippen molar-refractivity contribution in [2.24, 2.45) is 0 Å². The number of nitrogens with one attached hydrogen (secondary N) is 1. The van der Waals surface area contributed by atoms with E-state index in [-0.39, 0.29) is 5.69 Å². The highest BCUT2D eigenvalue weighted by Crippen LogP contribution is 2.20. The maximum atomic E-state index is 10.9. The molecule has 3 aromatic rings. The Hall–Kier alpha value is -2.76. The number of aryl methyl sites for hydroxylation is 1. The zero-order valence-corrected chi connectivity index (χ0v) is 10.1. The number of carboxylic acids is 1. The van der Waals surface area contributed by atoms with Crippen LogP contribution in [0.4, 0.5) is 0 Å². The number of carbonyl (C=O) groups is 1. The number of aromatic nitrogens is 4. The second-order valence-electron chi connectivity index (χ2n) is 4.13. The summed E-state index contributed by atoms with van der Waals surface area (Å²) < 4.78 is 0. The fourth-order valence-corrected chi connectivity index (χ4v) is 1.87. The highest BCUT2D eigenvalue weighted by Gasteiger charge is 2.08. The number of hydrogen-bond donors (Lipinski definition) is 2. The molecule has 94 valence electrons. The first-order valence-corrected chi connectivity index (χ1v) is 5.66. The Morgan fingerprint density at radius 3 is 2.95 bits per heavy atom. The molecule has 0 aliphatic carbocycles. The van der Waals surface area contributed by atoms with Crippen molar-refractivity contribution in [3.63, 3.8) is 0 Å². The topological polar surface area (TPSA) is 91.8 Å². The molecule has 6 nitrogen and oxygen atoms in total. The van der Waals surface area contributed by atoms with Gasteiger partial charge < -0.3 is 10.1 Å². The maximum absolute atomic E-state index is 10.9. The number of nitrogens with zero attached hydrogens (tertiary/aromatic N) is 3. The molecule has 19 heavy (non-hydrogen) atoms. The van der Waals surface area contributed by atoms with Gasteiger partial charge in [0, 0.05) is 11.8 Å². The summed E-state index contributed by atoms with van der Waals surface area (Å²) >= 11 is 0. The summed E-state index contributed by atoms with van der Waals surface area (Å²) in [4.78, 5) is 26.5. The van der Waals surface area contributed by atoms with Gasteiger partial charge in [0.2, 0.25) is 0 Å². The number of pyridine rings is 2. The van der Waals surface area contributed by atoms with Crippen LogP contribution in [-0.4, -0.2) is 31.0 Å². The van der Waals surface area contributed by atoms with Crippen LogP contribution in [0.3, 0.4) is 0 Å². The van der Waals surface area contributed by atoms with Crippen molar-refractivity contribution < 1.29 is 9.90 Å². The van der Waals surface area contributed by atoms with Gasteiger partial charge in [-0.2, -0.15) is 0 Å². The first-order valence-electron chi connectivity index (χ1n) is 5.66. The second-order valence-corrected chi connectivity index (χ2v) is 4.13. The lowest BCUT2D eigenvalue weighted by molar-refractivity contribution is 0.0690. The monoisotopic (exact) mass is 254 g/mol. The standard InChI is InChI=1S/C13H10N4O2/c1-7-15-11-5-8(6-14-12(11)16-7)9-3-2-4-10(17-9)13(18)19/h2-6H,1H3,(H,18,19)(H,14,15,16). The van der Waals surface area contributed by atoms with Crippen molar-refractivity contribution in [2.45, 2.75) is 6.92 Å². The van der Waals surface area contributed by atoms with E-state index in [1.54, 1.807) is 18.3 Å². The van der Waals surface area contributed by atoms with Crippen LogP contribution in [-0.2, 0) is 0 Å². The molecular weight excluding hydrogens is 244 g/mol. The SMILES string of the molecule is Cc1nc2ncc(-c3cccc(C(=O)O)n3)cc2[nH]1. The molecule has 0 aromatic carbocycles. The number of hydrogen-bond acceptors (Lipinski definition) is 4. The largest absolute Gasteiger partial charge is 0.477 e. The minimum Gasteiger partial charge on any atom is -0.477 e. The minimum absolute atomic E-state index is 0.0124. The number of rotatable bonds is 2. The number of imidazole rings is 1. The molecule has 0 aliphatic heterocycles. The van der Waals surface area contributed by atoms with Crippen LogP contribution in [0.2, 0.25) is 0 Å². The number of H-pyrrole nitrogens is 1. The number of aromatic carboxylic acids is 1. The van der Waals surface area contributed by atoms with Crippen molar-refractivity contribution in [1.82, 2.24) is 19.9 Å². The van der Waals surface area contributed by atoms with Crippen LogP contribution in [0.25, 0.3) is 22.4 Å². The number of fused-ring (bicyclic) bond motifs is 1. The highest BCUT2D eigenvalue weighted by atomic mass is 16.4. The molecule has 3 rings (SSSR count). The molecule has 0 saturated carbocycles. The van der Waals surface area contributed by atoms with Gasteiger partial charge in [-0.05, 0) is 25.1 Å². The fraction of sp³-hybridized carbons (Fsp3) is 0.0769. The molecule has 0 unspecified atom stereocenters. The van der Waals surface area contributed by atoms with E-state index in [9.17, 15) is 4.79 Å². The molecule has 3 aromatic heterocycles. The molecule has 0 bridgehead atoms. The molecule has 3 heterocycles. The smallest absolute Gasteiger partial charge is 0.354 e. The lowest BCUT2D eigenvalue weighted by Crippen LogP contribution is -2.00. The molecular formula is C13H10N4O2. The summed E-state index contributed by atoms with van der Waals surface area (Å²) in [6, 6.07) is 6.72. The van der Waals surface area contributed by atoms with Crippen LogP contribution in [0, 0.1) is 6.92 Å². The van der Waals surface area contributed by atoms with Crippen LogP contribution < -0.4 is 0 Å². The van der Waals surface area contributed by atoms with Crippen LogP contribution in [0.1, 0.15) is 16.3 Å². The van der Waals surface area contributed by atoms with Gasteiger partial charge in [-0.15, -0.1) is 0 Å². The van der Waals surface area contributed by atoms with E-state index in [1.807, 2.05) is 13.0 Å². The molecule has 0 atom stereocenters. The average Bonchev–Trinajstić information content (AvgIpc) is 2.77. The van der Waals surface area contributed by atoms with Gasteiger partial charge >= 0.3 is 5.97 Å². The normalized spacial score (nSPS) is 10.8. The molecule has 6 heteroatoms. The van der Waals surface area contributed by atoms with E-state index in [2.05, 4.69) is 19.9 Å². The van der Waals surface area contributed by atoms with E-state index >= 15 is 0 Å². The Bertz CT molecular complexity index is 779. The fourth-order valence-electron chi connectivity index (χ4n) is 1.87. The Kier molecular flexibility index (Phi) is 2.49. The van der Waals surface area contributed by atoms with Crippen LogP contribution >= 0.6 is 0 Å². The number of carboxylic acid groups (broad SMARTS) is 1. The Morgan fingerprint density at radius 1 is 1.32 bits per heavy atom. The third-order valence-electron chi connectivity index (χ3n) is 2.72.